The van der Waals surface area contributed by atoms with Crippen LogP contribution in [0.5, 0.6) is 5.75 Å². The Morgan fingerprint density at radius 2 is 1.90 bits per heavy atom. The van der Waals surface area contributed by atoms with Crippen LogP contribution in [0.2, 0.25) is 0 Å². The fraction of sp³-hybridized carbons (Fsp3) is 0.188. The largest absolute Gasteiger partial charge is 0.508 e. The molecule has 0 spiro atoms. The number of hydrogen-bond donors (Lipinski definition) is 2. The van der Waals surface area contributed by atoms with E-state index in [1.807, 2.05) is 43.3 Å². The Labute approximate surface area is 118 Å². The molecule has 20 heavy (non-hydrogen) atoms. The van der Waals surface area contributed by atoms with Gasteiger partial charge in [-0.3, -0.25) is 4.79 Å². The number of hydrogen-bond acceptors (Lipinski definition) is 3. The Morgan fingerprint density at radius 1 is 1.15 bits per heavy atom. The molecule has 0 radical (unpaired) electrons. The van der Waals surface area contributed by atoms with Crippen LogP contribution in [-0.2, 0) is 0 Å². The summed E-state index contributed by atoms with van der Waals surface area (Å²) in [6.45, 7) is 1.79. The fourth-order valence-electron chi connectivity index (χ4n) is 1.82. The lowest BCUT2D eigenvalue weighted by Gasteiger charge is -2.14. The number of carbonyl (C=O) groups is 1. The summed E-state index contributed by atoms with van der Waals surface area (Å²) in [5, 5.41) is 12.5. The van der Waals surface area contributed by atoms with Gasteiger partial charge in [0.05, 0.1) is 0 Å². The molecule has 0 fully saturated rings. The summed E-state index contributed by atoms with van der Waals surface area (Å²) < 4.78 is 0. The Balaban J connectivity index is 2.19. The van der Waals surface area contributed by atoms with Gasteiger partial charge in [0.15, 0.2) is 0 Å². The van der Waals surface area contributed by atoms with Crippen molar-refractivity contribution in [2.75, 3.05) is 24.3 Å². The zero-order valence-electron chi connectivity index (χ0n) is 11.8. The first-order valence-electron chi connectivity index (χ1n) is 6.36. The second-order valence-electron chi connectivity index (χ2n) is 4.90. The van der Waals surface area contributed by atoms with Crippen LogP contribution in [0.3, 0.4) is 0 Å². The highest BCUT2D eigenvalue weighted by Crippen LogP contribution is 2.20. The molecule has 4 nitrogen and oxygen atoms in total. The van der Waals surface area contributed by atoms with Crippen molar-refractivity contribution in [2.45, 2.75) is 6.92 Å². The summed E-state index contributed by atoms with van der Waals surface area (Å²) in [5.41, 5.74) is 2.91. The topological polar surface area (TPSA) is 52.6 Å². The molecule has 0 aromatic heterocycles. The third kappa shape index (κ3) is 3.09. The van der Waals surface area contributed by atoms with E-state index in [0.29, 0.717) is 5.56 Å². The standard InChI is InChI=1S/C16H18N2O2/c1-11-7-8-12(9-15(11)19)16(20)17-13-5-4-6-14(10-13)18(2)3/h4-10,19H,1-3H3,(H,17,20). The molecule has 0 heterocycles. The molecule has 0 aliphatic heterocycles. The van der Waals surface area contributed by atoms with Crippen molar-refractivity contribution in [3.63, 3.8) is 0 Å². The van der Waals surface area contributed by atoms with E-state index >= 15 is 0 Å². The van der Waals surface area contributed by atoms with Crippen molar-refractivity contribution < 1.29 is 9.90 Å². The summed E-state index contributed by atoms with van der Waals surface area (Å²) in [6, 6.07) is 12.5. The number of carbonyl (C=O) groups excluding carboxylic acids is 1. The van der Waals surface area contributed by atoms with Crippen molar-refractivity contribution in [3.8, 4) is 5.75 Å². The molecule has 0 aliphatic carbocycles. The van der Waals surface area contributed by atoms with E-state index in [2.05, 4.69) is 5.32 Å². The van der Waals surface area contributed by atoms with Gasteiger partial charge in [0.25, 0.3) is 5.91 Å². The van der Waals surface area contributed by atoms with E-state index in [9.17, 15) is 9.90 Å². The molecule has 0 atom stereocenters. The van der Waals surface area contributed by atoms with Crippen LogP contribution in [0, 0.1) is 6.92 Å². The van der Waals surface area contributed by atoms with E-state index in [1.165, 1.54) is 6.07 Å². The number of rotatable bonds is 3. The Bertz CT molecular complexity index is 636. The van der Waals surface area contributed by atoms with Gasteiger partial charge in [-0.2, -0.15) is 0 Å². The molecule has 1 amide bonds. The van der Waals surface area contributed by atoms with E-state index in [4.69, 9.17) is 0 Å². The molecule has 0 saturated heterocycles. The minimum atomic E-state index is -0.240. The molecule has 2 N–H and O–H groups in total. The molecule has 2 aromatic carbocycles. The lowest BCUT2D eigenvalue weighted by Crippen LogP contribution is -2.13. The molecule has 104 valence electrons. The second kappa shape index (κ2) is 5.65. The Hall–Kier alpha value is -2.49. The van der Waals surface area contributed by atoms with Crippen LogP contribution in [0.1, 0.15) is 15.9 Å². The molecule has 0 saturated carbocycles. The van der Waals surface area contributed by atoms with Gasteiger partial charge in [-0.15, -0.1) is 0 Å². The minimum Gasteiger partial charge on any atom is -0.508 e. The van der Waals surface area contributed by atoms with Crippen molar-refractivity contribution in [1.82, 2.24) is 0 Å². The number of phenolic OH excluding ortho intramolecular Hbond substituents is 1. The van der Waals surface area contributed by atoms with Gasteiger partial charge in [-0.1, -0.05) is 12.1 Å². The van der Waals surface area contributed by atoms with Gasteiger partial charge < -0.3 is 15.3 Å². The van der Waals surface area contributed by atoms with Crippen LogP contribution in [-0.4, -0.2) is 25.1 Å². The average Bonchev–Trinajstić information content (AvgIpc) is 2.42. The maximum absolute atomic E-state index is 12.1. The summed E-state index contributed by atoms with van der Waals surface area (Å²) in [6.07, 6.45) is 0. The third-order valence-corrected chi connectivity index (χ3v) is 3.09. The first kappa shape index (κ1) is 13.9. The minimum absolute atomic E-state index is 0.125. The summed E-state index contributed by atoms with van der Waals surface area (Å²) in [5.74, 6) is -0.115. The number of phenols is 1. The number of nitrogens with one attached hydrogen (secondary N) is 1. The van der Waals surface area contributed by atoms with Crippen LogP contribution in [0.25, 0.3) is 0 Å². The predicted molar refractivity (Wildman–Crippen MR) is 81.6 cm³/mol. The van der Waals surface area contributed by atoms with Gasteiger partial charge in [-0.25, -0.2) is 0 Å². The zero-order valence-corrected chi connectivity index (χ0v) is 11.8. The van der Waals surface area contributed by atoms with Crippen molar-refractivity contribution in [1.29, 1.82) is 0 Å². The first-order valence-corrected chi connectivity index (χ1v) is 6.36. The highest BCUT2D eigenvalue weighted by molar-refractivity contribution is 6.04. The molecule has 0 aliphatic rings. The van der Waals surface area contributed by atoms with Crippen LogP contribution in [0.15, 0.2) is 42.5 Å². The highest BCUT2D eigenvalue weighted by Gasteiger charge is 2.08. The van der Waals surface area contributed by atoms with Gasteiger partial charge >= 0.3 is 0 Å². The van der Waals surface area contributed by atoms with E-state index < -0.39 is 0 Å². The Morgan fingerprint density at radius 3 is 2.55 bits per heavy atom. The maximum Gasteiger partial charge on any atom is 0.255 e. The van der Waals surface area contributed by atoms with Crippen molar-refractivity contribution in [3.05, 3.63) is 53.6 Å². The monoisotopic (exact) mass is 270 g/mol. The van der Waals surface area contributed by atoms with E-state index in [-0.39, 0.29) is 11.7 Å². The third-order valence-electron chi connectivity index (χ3n) is 3.09. The second-order valence-corrected chi connectivity index (χ2v) is 4.90. The lowest BCUT2D eigenvalue weighted by atomic mass is 10.1. The van der Waals surface area contributed by atoms with Crippen LogP contribution >= 0.6 is 0 Å². The first-order chi connectivity index (χ1) is 9.47. The average molecular weight is 270 g/mol. The molecular formula is C16H18N2O2. The highest BCUT2D eigenvalue weighted by atomic mass is 16.3. The van der Waals surface area contributed by atoms with E-state index in [0.717, 1.165) is 16.9 Å². The van der Waals surface area contributed by atoms with Gasteiger partial charge in [-0.05, 0) is 42.8 Å². The number of nitrogens with zero attached hydrogens (tertiary/aromatic N) is 1. The fourth-order valence-corrected chi connectivity index (χ4v) is 1.82. The normalized spacial score (nSPS) is 10.2. The van der Waals surface area contributed by atoms with Gasteiger partial charge in [0.2, 0.25) is 0 Å². The summed E-state index contributed by atoms with van der Waals surface area (Å²) in [7, 11) is 3.89. The van der Waals surface area contributed by atoms with E-state index in [1.54, 1.807) is 19.1 Å². The van der Waals surface area contributed by atoms with Crippen LogP contribution in [0.4, 0.5) is 11.4 Å². The van der Waals surface area contributed by atoms with Crippen LogP contribution < -0.4 is 10.2 Å². The number of amides is 1. The SMILES string of the molecule is Cc1ccc(C(=O)Nc2cccc(N(C)C)c2)cc1O. The smallest absolute Gasteiger partial charge is 0.255 e. The quantitative estimate of drug-likeness (QED) is 0.901. The number of benzene rings is 2. The summed E-state index contributed by atoms with van der Waals surface area (Å²) in [4.78, 5) is 14.1. The van der Waals surface area contributed by atoms with Crippen molar-refractivity contribution in [2.24, 2.45) is 0 Å². The zero-order chi connectivity index (χ0) is 14.7. The molecule has 0 unspecified atom stereocenters. The number of anilines is 2. The predicted octanol–water partition coefficient (Wildman–Crippen LogP) is 3.02. The summed E-state index contributed by atoms with van der Waals surface area (Å²) >= 11 is 0. The molecule has 2 rings (SSSR count). The molecule has 0 bridgehead atoms. The molecule has 2 aromatic rings. The Kier molecular flexibility index (Phi) is 3.94. The number of aromatic hydroxyl groups is 1. The number of aryl methyl sites for hydroxylation is 1. The molecule has 4 heteroatoms. The van der Waals surface area contributed by atoms with Crippen molar-refractivity contribution >= 4 is 17.3 Å². The van der Waals surface area contributed by atoms with Gasteiger partial charge in [0.1, 0.15) is 5.75 Å². The molecular weight excluding hydrogens is 252 g/mol. The maximum atomic E-state index is 12.1. The lowest BCUT2D eigenvalue weighted by molar-refractivity contribution is 0.102. The van der Waals surface area contributed by atoms with Gasteiger partial charge in [0, 0.05) is 31.0 Å².